The van der Waals surface area contributed by atoms with Crippen molar-refractivity contribution < 1.29 is 4.92 Å². The molecule has 2 rings (SSSR count). The van der Waals surface area contributed by atoms with E-state index in [1.807, 2.05) is 24.4 Å². The highest BCUT2D eigenvalue weighted by Gasteiger charge is 2.10. The lowest BCUT2D eigenvalue weighted by atomic mass is 10.1. The third-order valence-electron chi connectivity index (χ3n) is 2.82. The summed E-state index contributed by atoms with van der Waals surface area (Å²) in [6, 6.07) is 10.7. The molecule has 0 radical (unpaired) electrons. The Morgan fingerprint density at radius 1 is 1.21 bits per heavy atom. The van der Waals surface area contributed by atoms with Crippen molar-refractivity contribution in [2.75, 3.05) is 6.54 Å². The quantitative estimate of drug-likeness (QED) is 0.490. The second-order valence-corrected chi connectivity index (χ2v) is 4.17. The van der Waals surface area contributed by atoms with Gasteiger partial charge in [0, 0.05) is 30.6 Å². The number of pyridine rings is 1. The van der Waals surface area contributed by atoms with Crippen LogP contribution in [0.15, 0.2) is 48.8 Å². The predicted octanol–water partition coefficient (Wildman–Crippen LogP) is 2.32. The Morgan fingerprint density at radius 2 is 2.05 bits per heavy atom. The van der Waals surface area contributed by atoms with E-state index in [-0.39, 0.29) is 10.6 Å². The SMILES string of the molecule is O=[N+]([O-])c1ccccc1CNCCc1cccnc1. The van der Waals surface area contributed by atoms with Crippen molar-refractivity contribution in [3.63, 3.8) is 0 Å². The minimum Gasteiger partial charge on any atom is -0.312 e. The van der Waals surface area contributed by atoms with Gasteiger partial charge in [-0.1, -0.05) is 24.3 Å². The lowest BCUT2D eigenvalue weighted by molar-refractivity contribution is -0.385. The van der Waals surface area contributed by atoms with E-state index in [1.165, 1.54) is 6.07 Å². The molecule has 0 spiro atoms. The molecular formula is C14H15N3O2. The molecule has 0 aliphatic carbocycles. The second kappa shape index (κ2) is 6.61. The van der Waals surface area contributed by atoms with Gasteiger partial charge in [-0.3, -0.25) is 15.1 Å². The molecule has 0 saturated heterocycles. The summed E-state index contributed by atoms with van der Waals surface area (Å²) in [5, 5.41) is 14.1. The molecule has 1 N–H and O–H groups in total. The van der Waals surface area contributed by atoms with Crippen LogP contribution in [0.5, 0.6) is 0 Å². The standard InChI is InChI=1S/C14H15N3O2/c18-17(19)14-6-2-1-5-13(14)11-16-9-7-12-4-3-8-15-10-12/h1-6,8,10,16H,7,9,11H2. The molecular weight excluding hydrogens is 242 g/mol. The summed E-state index contributed by atoms with van der Waals surface area (Å²) < 4.78 is 0. The summed E-state index contributed by atoms with van der Waals surface area (Å²) in [5.41, 5.74) is 2.02. The van der Waals surface area contributed by atoms with Gasteiger partial charge in [0.2, 0.25) is 0 Å². The zero-order chi connectivity index (χ0) is 13.5. The highest BCUT2D eigenvalue weighted by Crippen LogP contribution is 2.16. The summed E-state index contributed by atoms with van der Waals surface area (Å²) in [4.78, 5) is 14.5. The molecule has 2 aromatic rings. The fraction of sp³-hybridized carbons (Fsp3) is 0.214. The van der Waals surface area contributed by atoms with Gasteiger partial charge in [0.25, 0.3) is 5.69 Å². The first-order valence-electron chi connectivity index (χ1n) is 6.09. The van der Waals surface area contributed by atoms with Crippen LogP contribution in [-0.2, 0) is 13.0 Å². The van der Waals surface area contributed by atoms with E-state index in [2.05, 4.69) is 10.3 Å². The van der Waals surface area contributed by atoms with Crippen molar-refractivity contribution in [2.24, 2.45) is 0 Å². The van der Waals surface area contributed by atoms with Gasteiger partial charge in [-0.25, -0.2) is 0 Å². The van der Waals surface area contributed by atoms with E-state index < -0.39 is 0 Å². The molecule has 0 aliphatic rings. The molecule has 1 aromatic heterocycles. The van der Waals surface area contributed by atoms with E-state index in [0.717, 1.165) is 18.5 Å². The lowest BCUT2D eigenvalue weighted by Crippen LogP contribution is -2.17. The Morgan fingerprint density at radius 3 is 2.79 bits per heavy atom. The van der Waals surface area contributed by atoms with Gasteiger partial charge >= 0.3 is 0 Å². The molecule has 5 nitrogen and oxygen atoms in total. The van der Waals surface area contributed by atoms with Crippen molar-refractivity contribution in [1.82, 2.24) is 10.3 Å². The number of hydrogen-bond donors (Lipinski definition) is 1. The molecule has 0 unspecified atom stereocenters. The molecule has 0 bridgehead atoms. The summed E-state index contributed by atoms with van der Waals surface area (Å²) in [5.74, 6) is 0. The number of nitrogens with zero attached hydrogens (tertiary/aromatic N) is 2. The molecule has 0 aliphatic heterocycles. The molecule has 98 valence electrons. The zero-order valence-corrected chi connectivity index (χ0v) is 10.5. The first kappa shape index (κ1) is 13.2. The topological polar surface area (TPSA) is 68.1 Å². The number of hydrogen-bond acceptors (Lipinski definition) is 4. The van der Waals surface area contributed by atoms with Crippen LogP contribution in [0.1, 0.15) is 11.1 Å². The van der Waals surface area contributed by atoms with Crippen molar-refractivity contribution in [1.29, 1.82) is 0 Å². The van der Waals surface area contributed by atoms with Crippen molar-refractivity contribution >= 4 is 5.69 Å². The summed E-state index contributed by atoms with van der Waals surface area (Å²) in [6.07, 6.45) is 4.42. The molecule has 0 saturated carbocycles. The van der Waals surface area contributed by atoms with E-state index >= 15 is 0 Å². The van der Waals surface area contributed by atoms with Crippen molar-refractivity contribution in [3.8, 4) is 0 Å². The fourth-order valence-corrected chi connectivity index (χ4v) is 1.84. The monoisotopic (exact) mass is 257 g/mol. The molecule has 0 fully saturated rings. The Kier molecular flexibility index (Phi) is 4.58. The van der Waals surface area contributed by atoms with Gasteiger partial charge in [-0.05, 0) is 24.6 Å². The summed E-state index contributed by atoms with van der Waals surface area (Å²) in [6.45, 7) is 1.26. The Balaban J connectivity index is 1.85. The Labute approximate surface area is 111 Å². The third-order valence-corrected chi connectivity index (χ3v) is 2.82. The first-order chi connectivity index (χ1) is 9.27. The van der Waals surface area contributed by atoms with Gasteiger partial charge in [0.1, 0.15) is 0 Å². The summed E-state index contributed by atoms with van der Waals surface area (Å²) >= 11 is 0. The maximum Gasteiger partial charge on any atom is 0.273 e. The number of nitrogens with one attached hydrogen (secondary N) is 1. The predicted molar refractivity (Wildman–Crippen MR) is 72.7 cm³/mol. The van der Waals surface area contributed by atoms with Crippen LogP contribution < -0.4 is 5.32 Å². The first-order valence-corrected chi connectivity index (χ1v) is 6.09. The van der Waals surface area contributed by atoms with E-state index in [4.69, 9.17) is 0 Å². The van der Waals surface area contributed by atoms with E-state index in [1.54, 1.807) is 18.3 Å². The van der Waals surface area contributed by atoms with Crippen LogP contribution in [0.2, 0.25) is 0 Å². The van der Waals surface area contributed by atoms with Gasteiger partial charge in [-0.2, -0.15) is 0 Å². The lowest BCUT2D eigenvalue weighted by Gasteiger charge is -2.05. The van der Waals surface area contributed by atoms with Crippen LogP contribution in [0.4, 0.5) is 5.69 Å². The number of aromatic nitrogens is 1. The van der Waals surface area contributed by atoms with Crippen LogP contribution >= 0.6 is 0 Å². The normalized spacial score (nSPS) is 10.3. The van der Waals surface area contributed by atoms with Crippen LogP contribution in [-0.4, -0.2) is 16.5 Å². The molecule has 0 amide bonds. The average molecular weight is 257 g/mol. The summed E-state index contributed by atoms with van der Waals surface area (Å²) in [7, 11) is 0. The number of nitro groups is 1. The van der Waals surface area contributed by atoms with Crippen LogP contribution in [0, 0.1) is 10.1 Å². The second-order valence-electron chi connectivity index (χ2n) is 4.17. The molecule has 19 heavy (non-hydrogen) atoms. The molecule has 5 heteroatoms. The third kappa shape index (κ3) is 3.86. The smallest absolute Gasteiger partial charge is 0.273 e. The number of benzene rings is 1. The van der Waals surface area contributed by atoms with Crippen molar-refractivity contribution in [2.45, 2.75) is 13.0 Å². The fourth-order valence-electron chi connectivity index (χ4n) is 1.84. The van der Waals surface area contributed by atoms with Gasteiger partial charge in [-0.15, -0.1) is 0 Å². The van der Waals surface area contributed by atoms with Crippen LogP contribution in [0.3, 0.4) is 0 Å². The number of para-hydroxylation sites is 1. The van der Waals surface area contributed by atoms with Gasteiger partial charge in [0.05, 0.1) is 4.92 Å². The van der Waals surface area contributed by atoms with E-state index in [9.17, 15) is 10.1 Å². The van der Waals surface area contributed by atoms with Gasteiger partial charge < -0.3 is 5.32 Å². The molecule has 1 aromatic carbocycles. The maximum atomic E-state index is 10.8. The highest BCUT2D eigenvalue weighted by atomic mass is 16.6. The molecule has 1 heterocycles. The minimum absolute atomic E-state index is 0.163. The van der Waals surface area contributed by atoms with Crippen molar-refractivity contribution in [3.05, 3.63) is 70.0 Å². The number of rotatable bonds is 6. The largest absolute Gasteiger partial charge is 0.312 e. The van der Waals surface area contributed by atoms with Gasteiger partial charge in [0.15, 0.2) is 0 Å². The van der Waals surface area contributed by atoms with Crippen LogP contribution in [0.25, 0.3) is 0 Å². The minimum atomic E-state index is -0.349. The Bertz CT molecular complexity index is 543. The average Bonchev–Trinajstić information content (AvgIpc) is 2.45. The molecule has 0 atom stereocenters. The number of nitro benzene ring substituents is 1. The van der Waals surface area contributed by atoms with E-state index in [0.29, 0.717) is 12.1 Å². The maximum absolute atomic E-state index is 10.8. The zero-order valence-electron chi connectivity index (χ0n) is 10.5. The highest BCUT2D eigenvalue weighted by molar-refractivity contribution is 5.39. The Hall–Kier alpha value is -2.27.